The molecular weight excluding hydrogens is 310 g/mol. The summed E-state index contributed by atoms with van der Waals surface area (Å²) in [6.45, 7) is 5.66. The van der Waals surface area contributed by atoms with E-state index in [2.05, 4.69) is 30.2 Å². The van der Waals surface area contributed by atoms with E-state index in [1.165, 1.54) is 16.9 Å². The van der Waals surface area contributed by atoms with Crippen molar-refractivity contribution in [2.45, 2.75) is 26.2 Å². The van der Waals surface area contributed by atoms with Gasteiger partial charge in [0.2, 0.25) is 0 Å². The number of nitrogens with two attached hydrogens (primary N) is 1. The van der Waals surface area contributed by atoms with E-state index in [9.17, 15) is 4.79 Å². The van der Waals surface area contributed by atoms with Gasteiger partial charge in [-0.3, -0.25) is 4.79 Å². The highest BCUT2D eigenvalue weighted by Gasteiger charge is 2.10. The minimum Gasteiger partial charge on any atom is -0.491 e. The molecule has 0 aliphatic heterocycles. The number of ether oxygens (including phenoxy) is 1. The first kappa shape index (κ1) is 17.4. The SMILES string of the molecule is CC(C)c1ccccc1OCCNC(=O)c1csc(CCN)n1. The van der Waals surface area contributed by atoms with Crippen LogP contribution in [0.3, 0.4) is 0 Å². The fraction of sp³-hybridized carbons (Fsp3) is 0.412. The Morgan fingerprint density at radius 3 is 2.91 bits per heavy atom. The Labute approximate surface area is 140 Å². The van der Waals surface area contributed by atoms with E-state index >= 15 is 0 Å². The van der Waals surface area contributed by atoms with Gasteiger partial charge in [0, 0.05) is 11.8 Å². The first-order valence-corrected chi connectivity index (χ1v) is 8.64. The van der Waals surface area contributed by atoms with Gasteiger partial charge in [0.1, 0.15) is 18.1 Å². The molecule has 1 heterocycles. The Morgan fingerprint density at radius 2 is 2.17 bits per heavy atom. The molecule has 0 aliphatic rings. The molecule has 0 bridgehead atoms. The summed E-state index contributed by atoms with van der Waals surface area (Å²) in [5, 5.41) is 5.47. The Balaban J connectivity index is 1.80. The molecule has 2 aromatic rings. The fourth-order valence-electron chi connectivity index (χ4n) is 2.16. The first-order valence-electron chi connectivity index (χ1n) is 7.76. The highest BCUT2D eigenvalue weighted by Crippen LogP contribution is 2.25. The zero-order valence-electron chi connectivity index (χ0n) is 13.5. The number of carbonyl (C=O) groups is 1. The molecule has 0 radical (unpaired) electrons. The summed E-state index contributed by atoms with van der Waals surface area (Å²) in [5.74, 6) is 1.10. The maximum atomic E-state index is 12.0. The smallest absolute Gasteiger partial charge is 0.270 e. The normalized spacial score (nSPS) is 10.8. The standard InChI is InChI=1S/C17H23N3O2S/c1-12(2)13-5-3-4-6-15(13)22-10-9-19-17(21)14-11-23-16(20-14)7-8-18/h3-6,11-12H,7-10,18H2,1-2H3,(H,19,21). The molecule has 6 heteroatoms. The van der Waals surface area contributed by atoms with Crippen LogP contribution in [-0.4, -0.2) is 30.6 Å². The molecule has 1 aromatic carbocycles. The lowest BCUT2D eigenvalue weighted by Gasteiger charge is -2.13. The summed E-state index contributed by atoms with van der Waals surface area (Å²) >= 11 is 1.46. The van der Waals surface area contributed by atoms with Crippen LogP contribution in [0.25, 0.3) is 0 Å². The molecule has 0 fully saturated rings. The zero-order chi connectivity index (χ0) is 16.7. The van der Waals surface area contributed by atoms with Crippen molar-refractivity contribution in [2.24, 2.45) is 5.73 Å². The number of carbonyl (C=O) groups excluding carboxylic acids is 1. The molecule has 0 atom stereocenters. The minimum atomic E-state index is -0.176. The monoisotopic (exact) mass is 333 g/mol. The van der Waals surface area contributed by atoms with Gasteiger partial charge >= 0.3 is 0 Å². The van der Waals surface area contributed by atoms with Crippen LogP contribution >= 0.6 is 11.3 Å². The number of benzene rings is 1. The van der Waals surface area contributed by atoms with E-state index in [-0.39, 0.29) is 5.91 Å². The quantitative estimate of drug-likeness (QED) is 0.728. The predicted molar refractivity (Wildman–Crippen MR) is 93.2 cm³/mol. The number of amides is 1. The van der Waals surface area contributed by atoms with Crippen LogP contribution in [-0.2, 0) is 6.42 Å². The predicted octanol–water partition coefficient (Wildman–Crippen LogP) is 2.58. The van der Waals surface area contributed by atoms with E-state index in [1.807, 2.05) is 18.2 Å². The molecule has 0 aliphatic carbocycles. The molecule has 0 spiro atoms. The van der Waals surface area contributed by atoms with Crippen LogP contribution < -0.4 is 15.8 Å². The van der Waals surface area contributed by atoms with E-state index in [0.29, 0.717) is 37.7 Å². The molecular formula is C17H23N3O2S. The maximum Gasteiger partial charge on any atom is 0.270 e. The van der Waals surface area contributed by atoms with E-state index in [4.69, 9.17) is 10.5 Å². The molecule has 5 nitrogen and oxygen atoms in total. The Bertz CT molecular complexity index is 640. The lowest BCUT2D eigenvalue weighted by atomic mass is 10.0. The number of aromatic nitrogens is 1. The number of rotatable bonds is 8. The minimum absolute atomic E-state index is 0.176. The van der Waals surface area contributed by atoms with E-state index in [0.717, 1.165) is 10.8 Å². The van der Waals surface area contributed by atoms with Crippen molar-refractivity contribution in [3.8, 4) is 5.75 Å². The van der Waals surface area contributed by atoms with Gasteiger partial charge in [-0.2, -0.15) is 0 Å². The molecule has 2 rings (SSSR count). The fourth-order valence-corrected chi connectivity index (χ4v) is 2.95. The molecule has 0 saturated heterocycles. The van der Waals surface area contributed by atoms with Crippen molar-refractivity contribution in [3.05, 3.63) is 45.9 Å². The van der Waals surface area contributed by atoms with E-state index in [1.54, 1.807) is 5.38 Å². The average Bonchev–Trinajstić information content (AvgIpc) is 3.01. The molecule has 1 aromatic heterocycles. The van der Waals surface area contributed by atoms with Gasteiger partial charge in [0.05, 0.1) is 11.6 Å². The van der Waals surface area contributed by atoms with Crippen LogP contribution in [0, 0.1) is 0 Å². The summed E-state index contributed by atoms with van der Waals surface area (Å²) in [6.07, 6.45) is 0.701. The maximum absolute atomic E-state index is 12.0. The second-order valence-corrected chi connectivity index (χ2v) is 6.40. The summed E-state index contributed by atoms with van der Waals surface area (Å²) in [4.78, 5) is 16.3. The van der Waals surface area contributed by atoms with Gasteiger partial charge in [-0.15, -0.1) is 11.3 Å². The second kappa shape index (κ2) is 8.64. The number of nitrogens with zero attached hydrogens (tertiary/aromatic N) is 1. The van der Waals surface area contributed by atoms with Crippen molar-refractivity contribution >= 4 is 17.2 Å². The largest absolute Gasteiger partial charge is 0.491 e. The molecule has 0 saturated carbocycles. The second-order valence-electron chi connectivity index (χ2n) is 5.46. The van der Waals surface area contributed by atoms with Crippen molar-refractivity contribution in [1.29, 1.82) is 0 Å². The van der Waals surface area contributed by atoms with Crippen LogP contribution in [0.4, 0.5) is 0 Å². The number of para-hydroxylation sites is 1. The van der Waals surface area contributed by atoms with Gasteiger partial charge in [-0.1, -0.05) is 32.0 Å². The first-order chi connectivity index (χ1) is 11.1. The van der Waals surface area contributed by atoms with Crippen molar-refractivity contribution in [2.75, 3.05) is 19.7 Å². The van der Waals surface area contributed by atoms with Gasteiger partial charge in [-0.25, -0.2) is 4.98 Å². The topological polar surface area (TPSA) is 77.2 Å². The van der Waals surface area contributed by atoms with Gasteiger partial charge in [-0.05, 0) is 24.1 Å². The highest BCUT2D eigenvalue weighted by molar-refractivity contribution is 7.09. The van der Waals surface area contributed by atoms with E-state index < -0.39 is 0 Å². The molecule has 23 heavy (non-hydrogen) atoms. The van der Waals surface area contributed by atoms with Crippen LogP contribution in [0.2, 0.25) is 0 Å². The summed E-state index contributed by atoms with van der Waals surface area (Å²) in [6, 6.07) is 7.97. The van der Waals surface area contributed by atoms with Crippen molar-refractivity contribution in [1.82, 2.24) is 10.3 Å². The highest BCUT2D eigenvalue weighted by atomic mass is 32.1. The zero-order valence-corrected chi connectivity index (χ0v) is 14.4. The lowest BCUT2D eigenvalue weighted by Crippen LogP contribution is -2.28. The number of hydrogen-bond acceptors (Lipinski definition) is 5. The Hall–Kier alpha value is -1.92. The molecule has 1 amide bonds. The van der Waals surface area contributed by atoms with Crippen LogP contribution in [0.5, 0.6) is 5.75 Å². The number of hydrogen-bond donors (Lipinski definition) is 2. The third kappa shape index (κ3) is 5.04. The molecule has 0 unspecified atom stereocenters. The number of thiazole rings is 1. The summed E-state index contributed by atoms with van der Waals surface area (Å²) in [7, 11) is 0. The van der Waals surface area contributed by atoms with Crippen LogP contribution in [0.15, 0.2) is 29.6 Å². The molecule has 3 N–H and O–H groups in total. The summed E-state index contributed by atoms with van der Waals surface area (Å²) in [5.41, 5.74) is 7.10. The average molecular weight is 333 g/mol. The third-order valence-corrected chi connectivity index (χ3v) is 4.24. The third-order valence-electron chi connectivity index (χ3n) is 3.33. The van der Waals surface area contributed by atoms with Gasteiger partial charge in [0.25, 0.3) is 5.91 Å². The Kier molecular flexibility index (Phi) is 6.55. The van der Waals surface area contributed by atoms with Gasteiger partial charge in [0.15, 0.2) is 0 Å². The van der Waals surface area contributed by atoms with Gasteiger partial charge < -0.3 is 15.8 Å². The lowest BCUT2D eigenvalue weighted by molar-refractivity contribution is 0.0942. The summed E-state index contributed by atoms with van der Waals surface area (Å²) < 4.78 is 5.78. The molecule has 124 valence electrons. The van der Waals surface area contributed by atoms with Crippen LogP contribution in [0.1, 0.15) is 40.8 Å². The Morgan fingerprint density at radius 1 is 1.39 bits per heavy atom. The van der Waals surface area contributed by atoms with Crippen molar-refractivity contribution < 1.29 is 9.53 Å². The number of nitrogens with one attached hydrogen (secondary N) is 1. The van der Waals surface area contributed by atoms with Crippen molar-refractivity contribution in [3.63, 3.8) is 0 Å².